The zero-order chi connectivity index (χ0) is 15.9. The van der Waals surface area contributed by atoms with Gasteiger partial charge < -0.3 is 0 Å². The van der Waals surface area contributed by atoms with Gasteiger partial charge in [-0.2, -0.15) is 0 Å². The van der Waals surface area contributed by atoms with Gasteiger partial charge in [0.15, 0.2) is 0 Å². The first kappa shape index (κ1) is 21.0. The molecule has 124 valence electrons. The topological polar surface area (TPSA) is 0 Å². The molecule has 0 aromatic carbocycles. The van der Waals surface area contributed by atoms with Crippen LogP contribution in [0.25, 0.3) is 0 Å². The summed E-state index contributed by atoms with van der Waals surface area (Å²) in [6, 6.07) is 0. The van der Waals surface area contributed by atoms with Crippen molar-refractivity contribution in [2.24, 2.45) is 0 Å². The van der Waals surface area contributed by atoms with E-state index in [1.165, 1.54) is 21.3 Å². The first-order valence-electron chi connectivity index (χ1n) is 7.18. The quantitative estimate of drug-likeness (QED) is 0.306. The van der Waals surface area contributed by atoms with Gasteiger partial charge in [-0.3, -0.25) is 0 Å². The van der Waals surface area contributed by atoms with Gasteiger partial charge in [-0.05, 0) is 0 Å². The van der Waals surface area contributed by atoms with E-state index in [0.29, 0.717) is 59.8 Å². The first-order valence-corrected chi connectivity index (χ1v) is 18.7. The molecule has 0 spiro atoms. The first-order chi connectivity index (χ1) is 10.7. The van der Waals surface area contributed by atoms with E-state index in [0.717, 1.165) is 0 Å². The predicted molar refractivity (Wildman–Crippen MR) is 116 cm³/mol. The molecule has 22 heavy (non-hydrogen) atoms. The average molecular weight is 632 g/mol. The van der Waals surface area contributed by atoms with E-state index in [1.54, 1.807) is 23.7 Å². The van der Waals surface area contributed by atoms with Crippen LogP contribution in [0.3, 0.4) is 0 Å². The molecule has 0 nitrogen and oxygen atoms in total. The number of rotatable bonds is 8. The summed E-state index contributed by atoms with van der Waals surface area (Å²) in [5.41, 5.74) is 0. The minimum absolute atomic E-state index is 0.708. The Morgan fingerprint density at radius 3 is 0.909 bits per heavy atom. The third-order valence-electron chi connectivity index (χ3n) is 2.34. The van der Waals surface area contributed by atoms with Crippen LogP contribution in [-0.2, 0) is 0 Å². The fraction of sp³-hybridized carbons (Fsp3) is 0.571. The van der Waals surface area contributed by atoms with Crippen molar-refractivity contribution in [3.8, 4) is 0 Å². The van der Waals surface area contributed by atoms with E-state index in [9.17, 15) is 0 Å². The van der Waals surface area contributed by atoms with Gasteiger partial charge in [0.25, 0.3) is 0 Å². The summed E-state index contributed by atoms with van der Waals surface area (Å²) < 4.78 is 10.3. The Morgan fingerprint density at radius 2 is 0.727 bits per heavy atom. The molecular weight excluding hydrogens is 612 g/mol. The van der Waals surface area contributed by atoms with Gasteiger partial charge in [0.1, 0.15) is 0 Å². The molecule has 0 aliphatic carbocycles. The Kier molecular flexibility index (Phi) is 10.9. The number of hydrogen-bond acceptors (Lipinski definition) is 4. The summed E-state index contributed by atoms with van der Waals surface area (Å²) in [7, 11) is 0. The Hall–Kier alpha value is 2.70. The summed E-state index contributed by atoms with van der Waals surface area (Å²) in [5, 5.41) is 5.37. The Labute approximate surface area is 177 Å². The van der Waals surface area contributed by atoms with Gasteiger partial charge in [-0.1, -0.05) is 0 Å². The van der Waals surface area contributed by atoms with Crippen LogP contribution in [-0.4, -0.2) is 59.8 Å². The second kappa shape index (κ2) is 11.4. The maximum absolute atomic E-state index is 2.34. The summed E-state index contributed by atoms with van der Waals surface area (Å²) in [6.45, 7) is 9.35. The van der Waals surface area contributed by atoms with E-state index in [4.69, 9.17) is 0 Å². The third-order valence-corrected chi connectivity index (χ3v) is 20.6. The minimum atomic E-state index is 0.708. The summed E-state index contributed by atoms with van der Waals surface area (Å²) in [5.74, 6) is 0. The molecule has 8 heteroatoms. The van der Waals surface area contributed by atoms with Gasteiger partial charge in [-0.25, -0.2) is 0 Å². The van der Waals surface area contributed by atoms with E-state index < -0.39 is 0 Å². The molecule has 0 radical (unpaired) electrons. The van der Waals surface area contributed by atoms with Crippen molar-refractivity contribution in [2.75, 3.05) is 0 Å². The van der Waals surface area contributed by atoms with Crippen LogP contribution in [0.15, 0.2) is 23.7 Å². The molecule has 0 bridgehead atoms. The van der Waals surface area contributed by atoms with Gasteiger partial charge in [0.2, 0.25) is 0 Å². The van der Waals surface area contributed by atoms with Crippen LogP contribution in [0.4, 0.5) is 0 Å². The molecule has 2 rings (SSSR count). The second-order valence-electron chi connectivity index (χ2n) is 3.87. The molecule has 2 heterocycles. The monoisotopic (exact) mass is 636 g/mol. The maximum atomic E-state index is 2.34. The van der Waals surface area contributed by atoms with Crippen molar-refractivity contribution < 1.29 is 0 Å². The van der Waals surface area contributed by atoms with Crippen LogP contribution < -0.4 is 0 Å². The molecule has 2 aliphatic rings. The Bertz CT molecular complexity index is 415. The Balaban J connectivity index is 2.11. The molecule has 0 unspecified atom stereocenters. The molecule has 0 saturated carbocycles. The summed E-state index contributed by atoms with van der Waals surface area (Å²) >= 11 is 11.4. The zero-order valence-corrected chi connectivity index (χ0v) is 23.2. The van der Waals surface area contributed by atoms with Crippen molar-refractivity contribution in [1.82, 2.24) is 0 Å². The Morgan fingerprint density at radius 1 is 0.500 bits per heavy atom. The van der Waals surface area contributed by atoms with Crippen molar-refractivity contribution in [3.05, 3.63) is 23.7 Å². The molecule has 0 amide bonds. The fourth-order valence-corrected chi connectivity index (χ4v) is 21.5. The van der Waals surface area contributed by atoms with Crippen LogP contribution in [0.5, 0.6) is 0 Å². The van der Waals surface area contributed by atoms with Crippen molar-refractivity contribution in [2.45, 2.75) is 49.0 Å². The van der Waals surface area contributed by atoms with E-state index in [2.05, 4.69) is 74.7 Å². The third kappa shape index (κ3) is 5.86. The van der Waals surface area contributed by atoms with Gasteiger partial charge in [-0.15, -0.1) is 0 Å². The molecule has 0 atom stereocenters. The SMILES string of the molecule is CC[Se]C1=C([Se]CC)SC(=C2SC([Se]CC)=C([Se]CC)S2)S1. The van der Waals surface area contributed by atoms with Crippen molar-refractivity contribution >= 4 is 107 Å². The van der Waals surface area contributed by atoms with Crippen molar-refractivity contribution in [3.63, 3.8) is 0 Å². The van der Waals surface area contributed by atoms with Crippen LogP contribution in [0.2, 0.25) is 21.3 Å². The van der Waals surface area contributed by atoms with Crippen LogP contribution >= 0.6 is 47.0 Å². The second-order valence-corrected chi connectivity index (χ2v) is 21.5. The average Bonchev–Trinajstić information content (AvgIpc) is 3.06. The summed E-state index contributed by atoms with van der Waals surface area (Å²) in [6.07, 6.45) is 0. The van der Waals surface area contributed by atoms with E-state index in [1.807, 2.05) is 0 Å². The standard InChI is InChI=1S/C14H20S4Se4/c1-5-19-11-12(20-6-2)16-9(15-11)10-17-13(21-7-3)14(18-10)22-8-4/h5-8H2,1-4H3. The van der Waals surface area contributed by atoms with Gasteiger partial charge in [0, 0.05) is 0 Å². The molecule has 0 aromatic heterocycles. The molecule has 2 aliphatic heterocycles. The fourth-order valence-electron chi connectivity index (χ4n) is 1.59. The molecular formula is C14H20S4Se4. The molecule has 0 N–H and O–H groups in total. The molecule has 0 saturated heterocycles. The van der Waals surface area contributed by atoms with Crippen molar-refractivity contribution in [1.29, 1.82) is 0 Å². The normalized spacial score (nSPS) is 19.1. The number of hydrogen-bond donors (Lipinski definition) is 0. The summed E-state index contributed by atoms with van der Waals surface area (Å²) in [4.78, 5) is 0. The van der Waals surface area contributed by atoms with Gasteiger partial charge >= 0.3 is 180 Å². The van der Waals surface area contributed by atoms with Gasteiger partial charge in [0.05, 0.1) is 0 Å². The van der Waals surface area contributed by atoms with Crippen LogP contribution in [0.1, 0.15) is 27.7 Å². The van der Waals surface area contributed by atoms with E-state index >= 15 is 0 Å². The predicted octanol–water partition coefficient (Wildman–Crippen LogP) is 5.90. The molecule has 0 fully saturated rings. The van der Waals surface area contributed by atoms with Crippen LogP contribution in [0, 0.1) is 0 Å². The van der Waals surface area contributed by atoms with E-state index in [-0.39, 0.29) is 0 Å². The molecule has 0 aromatic rings. The number of thioether (sulfide) groups is 4. The zero-order valence-electron chi connectivity index (χ0n) is 13.1.